The summed E-state index contributed by atoms with van der Waals surface area (Å²) in [7, 11) is 0. The molecule has 21 heavy (non-hydrogen) atoms. The molecule has 0 unspecified atom stereocenters. The third kappa shape index (κ3) is 2.14. The van der Waals surface area contributed by atoms with Crippen LogP contribution in [-0.2, 0) is 24.4 Å². The molecule has 4 rings (SSSR count). The fraction of sp³-hybridized carbons (Fsp3) is 0.529. The van der Waals surface area contributed by atoms with Gasteiger partial charge in [-0.15, -0.1) is 0 Å². The molecule has 4 nitrogen and oxygen atoms in total. The van der Waals surface area contributed by atoms with E-state index in [1.165, 1.54) is 28.3 Å². The Morgan fingerprint density at radius 3 is 2.52 bits per heavy atom. The summed E-state index contributed by atoms with van der Waals surface area (Å²) in [5.41, 5.74) is 7.02. The van der Waals surface area contributed by atoms with Crippen molar-refractivity contribution >= 4 is 0 Å². The van der Waals surface area contributed by atoms with Crippen molar-refractivity contribution in [3.05, 3.63) is 35.2 Å². The van der Waals surface area contributed by atoms with Crippen LogP contribution in [0.1, 0.15) is 17.0 Å². The molecule has 2 aromatic heterocycles. The fourth-order valence-electron chi connectivity index (χ4n) is 3.66. The lowest BCUT2D eigenvalue weighted by atomic mass is 10.2. The zero-order valence-electron chi connectivity index (χ0n) is 12.9. The highest BCUT2D eigenvalue weighted by atomic mass is 16.5. The van der Waals surface area contributed by atoms with E-state index in [9.17, 15) is 0 Å². The van der Waals surface area contributed by atoms with Crippen LogP contribution in [0.4, 0.5) is 0 Å². The van der Waals surface area contributed by atoms with Gasteiger partial charge in [-0.2, -0.15) is 0 Å². The molecule has 0 atom stereocenters. The number of rotatable bonds is 2. The van der Waals surface area contributed by atoms with Gasteiger partial charge in [-0.1, -0.05) is 0 Å². The Hall–Kier alpha value is -1.52. The minimum atomic E-state index is 0.870. The number of ether oxygens (including phenoxy) is 1. The highest BCUT2D eigenvalue weighted by molar-refractivity contribution is 5.61. The second-order valence-corrected chi connectivity index (χ2v) is 6.21. The summed E-state index contributed by atoms with van der Waals surface area (Å²) in [6.07, 6.45) is 0. The van der Waals surface area contributed by atoms with Gasteiger partial charge >= 0.3 is 0 Å². The van der Waals surface area contributed by atoms with E-state index < -0.39 is 0 Å². The number of aromatic nitrogens is 2. The van der Waals surface area contributed by atoms with Crippen LogP contribution >= 0.6 is 0 Å². The Labute approximate surface area is 125 Å². The minimum Gasteiger partial charge on any atom is -0.379 e. The van der Waals surface area contributed by atoms with Gasteiger partial charge in [0, 0.05) is 44.1 Å². The quantitative estimate of drug-likeness (QED) is 0.845. The van der Waals surface area contributed by atoms with Crippen LogP contribution in [0.15, 0.2) is 18.2 Å². The van der Waals surface area contributed by atoms with E-state index in [4.69, 9.17) is 4.74 Å². The Morgan fingerprint density at radius 2 is 1.71 bits per heavy atom. The number of aryl methyl sites for hydroxylation is 2. The molecule has 1 saturated heterocycles. The molecule has 0 N–H and O–H groups in total. The Kier molecular flexibility index (Phi) is 3.16. The van der Waals surface area contributed by atoms with Gasteiger partial charge in [-0.25, -0.2) is 0 Å². The van der Waals surface area contributed by atoms with Crippen LogP contribution in [0.5, 0.6) is 0 Å². The molecule has 2 aromatic rings. The first-order valence-electron chi connectivity index (χ1n) is 7.89. The van der Waals surface area contributed by atoms with Gasteiger partial charge in [0.25, 0.3) is 0 Å². The molecule has 0 amide bonds. The maximum absolute atomic E-state index is 5.46. The lowest BCUT2D eigenvalue weighted by Crippen LogP contribution is -2.36. The summed E-state index contributed by atoms with van der Waals surface area (Å²) in [6.45, 7) is 11.5. The molecular formula is C17H23N3O. The third-order valence-corrected chi connectivity index (χ3v) is 4.91. The Bertz CT molecular complexity index is 662. The topological polar surface area (TPSA) is 22.3 Å². The highest BCUT2D eigenvalue weighted by Crippen LogP contribution is 2.32. The van der Waals surface area contributed by atoms with E-state index in [1.54, 1.807) is 0 Å². The number of morpholine rings is 1. The number of hydrogen-bond donors (Lipinski definition) is 0. The normalized spacial score (nSPS) is 18.6. The van der Waals surface area contributed by atoms with Crippen molar-refractivity contribution in [1.29, 1.82) is 0 Å². The maximum Gasteiger partial charge on any atom is 0.0654 e. The van der Waals surface area contributed by atoms with Gasteiger partial charge in [-0.3, -0.25) is 4.90 Å². The Morgan fingerprint density at radius 1 is 0.952 bits per heavy atom. The molecule has 0 aromatic carbocycles. The van der Waals surface area contributed by atoms with Crippen LogP contribution in [0.25, 0.3) is 11.4 Å². The molecule has 0 saturated carbocycles. The van der Waals surface area contributed by atoms with Crippen LogP contribution in [0, 0.1) is 13.8 Å². The van der Waals surface area contributed by atoms with Gasteiger partial charge in [0.2, 0.25) is 0 Å². The first kappa shape index (κ1) is 13.2. The molecule has 4 heterocycles. The van der Waals surface area contributed by atoms with E-state index >= 15 is 0 Å². The summed E-state index contributed by atoms with van der Waals surface area (Å²) < 4.78 is 10.4. The molecule has 0 radical (unpaired) electrons. The van der Waals surface area contributed by atoms with Gasteiger partial charge in [0.05, 0.1) is 24.6 Å². The highest BCUT2D eigenvalue weighted by Gasteiger charge is 2.23. The van der Waals surface area contributed by atoms with Crippen molar-refractivity contribution in [3.63, 3.8) is 0 Å². The summed E-state index contributed by atoms with van der Waals surface area (Å²) >= 11 is 0. The van der Waals surface area contributed by atoms with E-state index in [2.05, 4.69) is 46.1 Å². The first-order chi connectivity index (χ1) is 10.2. The molecule has 2 aliphatic heterocycles. The van der Waals surface area contributed by atoms with Crippen LogP contribution in [0.2, 0.25) is 0 Å². The molecule has 0 spiro atoms. The van der Waals surface area contributed by atoms with E-state index in [-0.39, 0.29) is 0 Å². The summed E-state index contributed by atoms with van der Waals surface area (Å²) in [5.74, 6) is 0. The second-order valence-electron chi connectivity index (χ2n) is 6.21. The van der Waals surface area contributed by atoms with E-state index in [1.807, 2.05) is 0 Å². The van der Waals surface area contributed by atoms with Crippen molar-refractivity contribution in [2.45, 2.75) is 33.5 Å². The predicted octanol–water partition coefficient (Wildman–Crippen LogP) is 2.42. The molecule has 1 fully saturated rings. The second kappa shape index (κ2) is 5.04. The number of hydrogen-bond acceptors (Lipinski definition) is 2. The average molecular weight is 285 g/mol. The summed E-state index contributed by atoms with van der Waals surface area (Å²) in [5, 5.41) is 0. The summed E-state index contributed by atoms with van der Waals surface area (Å²) in [4.78, 5) is 2.51. The molecule has 0 aliphatic carbocycles. The lowest BCUT2D eigenvalue weighted by molar-refractivity contribution is 0.0330. The minimum absolute atomic E-state index is 0.870. The van der Waals surface area contributed by atoms with Crippen molar-refractivity contribution in [3.8, 4) is 11.4 Å². The zero-order valence-corrected chi connectivity index (χ0v) is 12.9. The zero-order chi connectivity index (χ0) is 14.4. The molecular weight excluding hydrogens is 262 g/mol. The number of fused-ring (bicyclic) bond motifs is 3. The van der Waals surface area contributed by atoms with E-state index in [0.717, 1.165) is 45.9 Å². The third-order valence-electron chi connectivity index (χ3n) is 4.91. The molecule has 112 valence electrons. The summed E-state index contributed by atoms with van der Waals surface area (Å²) in [6, 6.07) is 6.85. The van der Waals surface area contributed by atoms with Gasteiger partial charge < -0.3 is 13.9 Å². The van der Waals surface area contributed by atoms with Crippen molar-refractivity contribution in [1.82, 2.24) is 14.0 Å². The van der Waals surface area contributed by atoms with Gasteiger partial charge in [0.1, 0.15) is 0 Å². The van der Waals surface area contributed by atoms with Crippen LogP contribution in [0.3, 0.4) is 0 Å². The predicted molar refractivity (Wildman–Crippen MR) is 83.4 cm³/mol. The average Bonchev–Trinajstić information content (AvgIpc) is 3.02. The van der Waals surface area contributed by atoms with Gasteiger partial charge in [0.15, 0.2) is 0 Å². The number of nitrogens with zero attached hydrogens (tertiary/aromatic N) is 3. The smallest absolute Gasteiger partial charge is 0.0654 e. The maximum atomic E-state index is 5.46. The SMILES string of the molecule is Cc1cc2n(c1CN1CCOCC1)CCn1c(C)ccc1-2. The largest absolute Gasteiger partial charge is 0.379 e. The van der Waals surface area contributed by atoms with E-state index in [0.29, 0.717) is 0 Å². The molecule has 4 heteroatoms. The monoisotopic (exact) mass is 285 g/mol. The van der Waals surface area contributed by atoms with Crippen molar-refractivity contribution in [2.75, 3.05) is 26.3 Å². The van der Waals surface area contributed by atoms with Crippen molar-refractivity contribution < 1.29 is 4.74 Å². The lowest BCUT2D eigenvalue weighted by Gasteiger charge is -2.29. The first-order valence-corrected chi connectivity index (χ1v) is 7.89. The Balaban J connectivity index is 1.69. The molecule has 0 bridgehead atoms. The fourth-order valence-corrected chi connectivity index (χ4v) is 3.66. The van der Waals surface area contributed by atoms with Crippen LogP contribution in [-0.4, -0.2) is 40.3 Å². The molecule has 2 aliphatic rings. The van der Waals surface area contributed by atoms with Crippen molar-refractivity contribution in [2.24, 2.45) is 0 Å². The standard InChI is InChI=1S/C17H23N3O/c1-13-11-16-15-4-3-14(2)19(15)5-6-20(16)17(13)12-18-7-9-21-10-8-18/h3-4,11H,5-10,12H2,1-2H3. The van der Waals surface area contributed by atoms with Gasteiger partial charge in [-0.05, 0) is 37.6 Å². The van der Waals surface area contributed by atoms with Crippen LogP contribution < -0.4 is 0 Å².